The molecule has 84 valence electrons. The van der Waals surface area contributed by atoms with Crippen LogP contribution in [-0.2, 0) is 0 Å². The third kappa shape index (κ3) is 1.76. The maximum absolute atomic E-state index is 10.9. The maximum atomic E-state index is 10.9. The van der Waals surface area contributed by atoms with Gasteiger partial charge in [0.05, 0.1) is 5.69 Å². The van der Waals surface area contributed by atoms with E-state index >= 15 is 0 Å². The van der Waals surface area contributed by atoms with Crippen molar-refractivity contribution in [3.8, 4) is 11.4 Å². The molecule has 6 heteroatoms. The minimum absolute atomic E-state index is 0.416. The largest absolute Gasteiger partial charge is 0.427 e. The molecule has 0 bridgehead atoms. The first kappa shape index (κ1) is 9.59. The molecule has 0 aliphatic heterocycles. The smallest absolute Gasteiger partial charge is 0.283 e. The van der Waals surface area contributed by atoms with Crippen LogP contribution in [0.25, 0.3) is 11.4 Å². The fraction of sp³-hybridized carbons (Fsp3) is 0. The highest BCUT2D eigenvalue weighted by Crippen LogP contribution is 2.07. The van der Waals surface area contributed by atoms with Crippen molar-refractivity contribution < 1.29 is 9.20 Å². The molecule has 0 atom stereocenters. The number of aromatic nitrogens is 4. The van der Waals surface area contributed by atoms with Crippen LogP contribution in [-0.4, -0.2) is 15.1 Å². The van der Waals surface area contributed by atoms with Crippen LogP contribution in [0.2, 0.25) is 0 Å². The van der Waals surface area contributed by atoms with E-state index in [2.05, 4.69) is 14.9 Å². The third-order valence-electron chi connectivity index (χ3n) is 2.38. The molecule has 17 heavy (non-hydrogen) atoms. The van der Waals surface area contributed by atoms with Crippen molar-refractivity contribution in [2.75, 3.05) is 0 Å². The van der Waals surface area contributed by atoms with Gasteiger partial charge in [0, 0.05) is 24.5 Å². The molecule has 0 amide bonds. The average Bonchev–Trinajstić information content (AvgIpc) is 3.00. The van der Waals surface area contributed by atoms with E-state index in [9.17, 15) is 4.79 Å². The Bertz CT molecular complexity index is 664. The lowest BCUT2D eigenvalue weighted by Gasteiger charge is -1.99. The van der Waals surface area contributed by atoms with Crippen LogP contribution in [0, 0.1) is 0 Å². The van der Waals surface area contributed by atoms with Gasteiger partial charge in [0.1, 0.15) is 0 Å². The van der Waals surface area contributed by atoms with Crippen molar-refractivity contribution >= 4 is 0 Å². The van der Waals surface area contributed by atoms with Crippen molar-refractivity contribution in [2.24, 2.45) is 0 Å². The molecule has 0 aliphatic carbocycles. The van der Waals surface area contributed by atoms with Gasteiger partial charge in [0.25, 0.3) is 6.20 Å². The van der Waals surface area contributed by atoms with E-state index in [1.54, 1.807) is 10.9 Å². The van der Waals surface area contributed by atoms with E-state index in [0.29, 0.717) is 0 Å². The Hall–Kier alpha value is -2.63. The molecule has 1 aromatic carbocycles. The number of rotatable bonds is 2. The van der Waals surface area contributed by atoms with Gasteiger partial charge in [-0.25, -0.2) is 9.48 Å². The second-order valence-electron chi connectivity index (χ2n) is 3.48. The van der Waals surface area contributed by atoms with E-state index in [1.807, 2.05) is 36.5 Å². The molecule has 3 aromatic rings. The summed E-state index contributed by atoms with van der Waals surface area (Å²) in [6.45, 7) is 0. The highest BCUT2D eigenvalue weighted by molar-refractivity contribution is 5.36. The van der Waals surface area contributed by atoms with Crippen LogP contribution in [0.3, 0.4) is 0 Å². The second kappa shape index (κ2) is 3.75. The molecule has 2 heterocycles. The van der Waals surface area contributed by atoms with Crippen LogP contribution in [0.5, 0.6) is 0 Å². The summed E-state index contributed by atoms with van der Waals surface area (Å²) in [6.07, 6.45) is 4.92. The minimum Gasteiger partial charge on any atom is -0.283 e. The Morgan fingerprint density at radius 2 is 2.12 bits per heavy atom. The lowest BCUT2D eigenvalue weighted by molar-refractivity contribution is -0.670. The standard InChI is InChI=1S/C11H8N4O2/c16-11-8-15(13-17-11)10-4-2-9(3-5-10)14-7-1-6-12-14/h1-8H/p+1. The van der Waals surface area contributed by atoms with Crippen molar-refractivity contribution in [3.05, 3.63) is 59.3 Å². The van der Waals surface area contributed by atoms with Crippen molar-refractivity contribution in [2.45, 2.75) is 0 Å². The van der Waals surface area contributed by atoms with Gasteiger partial charge < -0.3 is 0 Å². The lowest BCUT2D eigenvalue weighted by atomic mass is 10.3. The third-order valence-corrected chi connectivity index (χ3v) is 2.38. The zero-order valence-electron chi connectivity index (χ0n) is 8.78. The number of H-pyrrole nitrogens is 1. The van der Waals surface area contributed by atoms with Gasteiger partial charge in [-0.15, -0.1) is 0 Å². The monoisotopic (exact) mass is 229 g/mol. The van der Waals surface area contributed by atoms with Gasteiger partial charge in [-0.1, -0.05) is 0 Å². The normalized spacial score (nSPS) is 10.6. The quantitative estimate of drug-likeness (QED) is 0.648. The van der Waals surface area contributed by atoms with E-state index < -0.39 is 5.63 Å². The number of nitrogens with one attached hydrogen (secondary N) is 1. The fourth-order valence-corrected chi connectivity index (χ4v) is 1.57. The molecule has 0 spiro atoms. The molecule has 0 saturated heterocycles. The molecule has 0 radical (unpaired) electrons. The summed E-state index contributed by atoms with van der Waals surface area (Å²) in [5.74, 6) is 0. The Morgan fingerprint density at radius 3 is 2.71 bits per heavy atom. The molecule has 0 unspecified atom stereocenters. The zero-order valence-corrected chi connectivity index (χ0v) is 8.78. The Labute approximate surface area is 95.7 Å². The molecule has 6 nitrogen and oxygen atoms in total. The predicted molar refractivity (Wildman–Crippen MR) is 58.0 cm³/mol. The topological polar surface area (TPSA) is 67.7 Å². The van der Waals surface area contributed by atoms with Crippen LogP contribution in [0.1, 0.15) is 0 Å². The summed E-state index contributed by atoms with van der Waals surface area (Å²) in [6, 6.07) is 9.39. The molecule has 0 fully saturated rings. The molecular formula is C11H9N4O2+. The highest BCUT2D eigenvalue weighted by Gasteiger charge is 2.09. The SMILES string of the molecule is O=c1c[n+](-c2ccc(-n3cccn3)cc2)[nH]o1. The number of hydrogen-bond acceptors (Lipinski definition) is 3. The van der Waals surface area contributed by atoms with Crippen molar-refractivity contribution in [3.63, 3.8) is 0 Å². The molecule has 1 N–H and O–H groups in total. The molecule has 0 aliphatic rings. The van der Waals surface area contributed by atoms with Gasteiger partial charge in [0.15, 0.2) is 0 Å². The first-order valence-corrected chi connectivity index (χ1v) is 5.03. The van der Waals surface area contributed by atoms with Gasteiger partial charge in [-0.3, -0.25) is 4.52 Å². The minimum atomic E-state index is -0.416. The Kier molecular flexibility index (Phi) is 2.11. The zero-order chi connectivity index (χ0) is 11.7. The van der Waals surface area contributed by atoms with Crippen LogP contribution in [0.4, 0.5) is 0 Å². The van der Waals surface area contributed by atoms with Gasteiger partial charge in [-0.05, 0) is 28.2 Å². The van der Waals surface area contributed by atoms with Gasteiger partial charge in [0.2, 0.25) is 5.69 Å². The van der Waals surface area contributed by atoms with E-state index in [-0.39, 0.29) is 0 Å². The summed E-state index contributed by atoms with van der Waals surface area (Å²) in [7, 11) is 0. The lowest BCUT2D eigenvalue weighted by Crippen LogP contribution is -2.32. The van der Waals surface area contributed by atoms with Crippen molar-refractivity contribution in [1.82, 2.24) is 15.1 Å². The van der Waals surface area contributed by atoms with Gasteiger partial charge in [-0.2, -0.15) is 5.10 Å². The number of hydrogen-bond donors (Lipinski definition) is 1. The summed E-state index contributed by atoms with van der Waals surface area (Å²) in [5, 5.41) is 6.61. The Balaban J connectivity index is 1.98. The van der Waals surface area contributed by atoms with Crippen LogP contribution < -0.4 is 10.3 Å². The molecule has 0 saturated carbocycles. The van der Waals surface area contributed by atoms with Gasteiger partial charge >= 0.3 is 5.63 Å². The maximum Gasteiger partial charge on any atom is 0.427 e. The fourth-order valence-electron chi connectivity index (χ4n) is 1.57. The number of benzene rings is 1. The predicted octanol–water partition coefficient (Wildman–Crippen LogP) is 0.430. The summed E-state index contributed by atoms with van der Waals surface area (Å²) in [4.78, 5) is 10.9. The van der Waals surface area contributed by atoms with E-state index in [4.69, 9.17) is 0 Å². The summed E-state index contributed by atoms with van der Waals surface area (Å²) in [5.41, 5.74) is 1.35. The van der Waals surface area contributed by atoms with E-state index in [0.717, 1.165) is 11.4 Å². The Morgan fingerprint density at radius 1 is 1.29 bits per heavy atom. The first-order chi connectivity index (χ1) is 8.33. The average molecular weight is 229 g/mol. The van der Waals surface area contributed by atoms with Crippen LogP contribution in [0.15, 0.2) is 58.2 Å². The van der Waals surface area contributed by atoms with Crippen molar-refractivity contribution in [1.29, 1.82) is 0 Å². The molecule has 3 rings (SSSR count). The number of aromatic amines is 1. The summed E-state index contributed by atoms with van der Waals surface area (Å²) >= 11 is 0. The highest BCUT2D eigenvalue weighted by atomic mass is 16.5. The molecule has 2 aromatic heterocycles. The second-order valence-corrected chi connectivity index (χ2v) is 3.48. The summed E-state index contributed by atoms with van der Waals surface area (Å²) < 4.78 is 7.85. The van der Waals surface area contributed by atoms with Crippen LogP contribution >= 0.6 is 0 Å². The number of nitrogens with zero attached hydrogens (tertiary/aromatic N) is 3. The van der Waals surface area contributed by atoms with E-state index in [1.165, 1.54) is 10.9 Å². The molecular weight excluding hydrogens is 220 g/mol. The first-order valence-electron chi connectivity index (χ1n) is 5.03.